The molecule has 1 N–H and O–H groups in total. The molecule has 19 heavy (non-hydrogen) atoms. The number of carbonyl (C=O) groups is 1. The molecule has 1 aliphatic heterocycles. The molecule has 0 saturated carbocycles. The number of aliphatic hydroxyl groups is 1. The number of hydrogen-bond donors (Lipinski definition) is 1. The van der Waals surface area contributed by atoms with Gasteiger partial charge < -0.3 is 14.7 Å². The van der Waals surface area contributed by atoms with Crippen molar-refractivity contribution >= 4 is 6.09 Å². The second-order valence-electron chi connectivity index (χ2n) is 5.50. The summed E-state index contributed by atoms with van der Waals surface area (Å²) in [5.41, 5.74) is 0.948. The van der Waals surface area contributed by atoms with Crippen LogP contribution in [0.2, 0.25) is 0 Å². The Morgan fingerprint density at radius 3 is 2.53 bits per heavy atom. The first-order chi connectivity index (χ1) is 9.13. The van der Waals surface area contributed by atoms with Gasteiger partial charge in [0.2, 0.25) is 0 Å². The van der Waals surface area contributed by atoms with Crippen LogP contribution in [-0.4, -0.2) is 35.8 Å². The van der Waals surface area contributed by atoms with Crippen LogP contribution in [0.5, 0.6) is 0 Å². The molecule has 2 rings (SSSR count). The van der Waals surface area contributed by atoms with Crippen molar-refractivity contribution in [3.63, 3.8) is 0 Å². The third kappa shape index (κ3) is 3.70. The summed E-state index contributed by atoms with van der Waals surface area (Å²) >= 11 is 0. The highest BCUT2D eigenvalue weighted by molar-refractivity contribution is 5.67. The van der Waals surface area contributed by atoms with E-state index in [1.165, 1.54) is 0 Å². The van der Waals surface area contributed by atoms with Crippen LogP contribution in [0.1, 0.15) is 25.3 Å². The molecule has 0 aromatic heterocycles. The molecule has 0 unspecified atom stereocenters. The summed E-state index contributed by atoms with van der Waals surface area (Å²) in [6.07, 6.45) is 1.39. The molecular formula is C15H21NO3. The van der Waals surface area contributed by atoms with Crippen molar-refractivity contribution in [2.45, 2.75) is 26.4 Å². The Morgan fingerprint density at radius 1 is 1.32 bits per heavy atom. The molecule has 0 atom stereocenters. The van der Waals surface area contributed by atoms with Crippen LogP contribution in [0.15, 0.2) is 30.3 Å². The Labute approximate surface area is 114 Å². The number of rotatable bonds is 3. The second-order valence-corrected chi connectivity index (χ2v) is 5.50. The summed E-state index contributed by atoms with van der Waals surface area (Å²) < 4.78 is 5.29. The van der Waals surface area contributed by atoms with Crippen LogP contribution in [0, 0.1) is 5.41 Å². The van der Waals surface area contributed by atoms with E-state index in [-0.39, 0.29) is 18.1 Å². The van der Waals surface area contributed by atoms with Gasteiger partial charge in [-0.15, -0.1) is 0 Å². The molecule has 4 heteroatoms. The molecule has 1 fully saturated rings. The average molecular weight is 263 g/mol. The molecule has 1 aromatic rings. The molecule has 0 aliphatic carbocycles. The molecule has 0 bridgehead atoms. The molecule has 4 nitrogen and oxygen atoms in total. The topological polar surface area (TPSA) is 49.8 Å². The number of amides is 1. The second kappa shape index (κ2) is 6.06. The zero-order chi connectivity index (χ0) is 13.7. The maximum Gasteiger partial charge on any atom is 0.410 e. The lowest BCUT2D eigenvalue weighted by Crippen LogP contribution is -2.43. The fraction of sp³-hybridized carbons (Fsp3) is 0.533. The zero-order valence-corrected chi connectivity index (χ0v) is 11.3. The monoisotopic (exact) mass is 263 g/mol. The predicted octanol–water partition coefficient (Wildman–Crippen LogP) is 2.42. The summed E-state index contributed by atoms with van der Waals surface area (Å²) in [6.45, 7) is 3.86. The van der Waals surface area contributed by atoms with Gasteiger partial charge in [0, 0.05) is 19.7 Å². The van der Waals surface area contributed by atoms with Gasteiger partial charge in [-0.2, -0.15) is 0 Å². The Morgan fingerprint density at radius 2 is 1.95 bits per heavy atom. The Balaban J connectivity index is 1.79. The first-order valence-electron chi connectivity index (χ1n) is 6.69. The highest BCUT2D eigenvalue weighted by atomic mass is 16.6. The largest absolute Gasteiger partial charge is 0.445 e. The van der Waals surface area contributed by atoms with Crippen molar-refractivity contribution in [1.29, 1.82) is 0 Å². The van der Waals surface area contributed by atoms with E-state index in [0.29, 0.717) is 19.7 Å². The van der Waals surface area contributed by atoms with Crippen molar-refractivity contribution in [3.05, 3.63) is 35.9 Å². The lowest BCUT2D eigenvalue weighted by Gasteiger charge is -2.37. The fourth-order valence-corrected chi connectivity index (χ4v) is 2.20. The molecule has 1 aromatic carbocycles. The fourth-order valence-electron chi connectivity index (χ4n) is 2.20. The van der Waals surface area contributed by atoms with Crippen LogP contribution < -0.4 is 0 Å². The van der Waals surface area contributed by atoms with Crippen LogP contribution in [0.25, 0.3) is 0 Å². The van der Waals surface area contributed by atoms with Gasteiger partial charge in [-0.3, -0.25) is 0 Å². The van der Waals surface area contributed by atoms with Gasteiger partial charge in [0.1, 0.15) is 6.61 Å². The van der Waals surface area contributed by atoms with Gasteiger partial charge in [-0.25, -0.2) is 4.79 Å². The number of aliphatic hydroxyl groups excluding tert-OH is 1. The van der Waals surface area contributed by atoms with Gasteiger partial charge in [-0.1, -0.05) is 37.3 Å². The number of likely N-dealkylation sites (tertiary alicyclic amines) is 1. The van der Waals surface area contributed by atoms with Crippen molar-refractivity contribution in [2.75, 3.05) is 19.7 Å². The molecule has 1 saturated heterocycles. The molecule has 104 valence electrons. The quantitative estimate of drug-likeness (QED) is 0.911. The number of nitrogens with zero attached hydrogens (tertiary/aromatic N) is 1. The maximum atomic E-state index is 11.9. The first kappa shape index (κ1) is 13.9. The maximum absolute atomic E-state index is 11.9. The van der Waals surface area contributed by atoms with Gasteiger partial charge in [0.15, 0.2) is 0 Å². The molecule has 0 radical (unpaired) electrons. The predicted molar refractivity (Wildman–Crippen MR) is 72.6 cm³/mol. The highest BCUT2D eigenvalue weighted by Crippen LogP contribution is 2.30. The van der Waals surface area contributed by atoms with Gasteiger partial charge in [0.25, 0.3) is 0 Å². The number of piperidine rings is 1. The number of ether oxygens (including phenoxy) is 1. The summed E-state index contributed by atoms with van der Waals surface area (Å²) in [7, 11) is 0. The van der Waals surface area contributed by atoms with Crippen LogP contribution in [0.3, 0.4) is 0 Å². The van der Waals surface area contributed by atoms with E-state index in [0.717, 1.165) is 18.4 Å². The van der Waals surface area contributed by atoms with E-state index in [4.69, 9.17) is 4.74 Å². The number of carbonyl (C=O) groups excluding carboxylic acids is 1. The van der Waals surface area contributed by atoms with Crippen LogP contribution in [0.4, 0.5) is 4.79 Å². The van der Waals surface area contributed by atoms with Crippen molar-refractivity contribution in [3.8, 4) is 0 Å². The Hall–Kier alpha value is -1.55. The van der Waals surface area contributed by atoms with Crippen LogP contribution in [-0.2, 0) is 11.3 Å². The average Bonchev–Trinajstić information content (AvgIpc) is 2.47. The van der Waals surface area contributed by atoms with Gasteiger partial charge >= 0.3 is 6.09 Å². The van der Waals surface area contributed by atoms with E-state index in [2.05, 4.69) is 6.92 Å². The third-order valence-electron chi connectivity index (χ3n) is 3.82. The minimum atomic E-state index is -0.260. The molecule has 1 aliphatic rings. The molecule has 1 heterocycles. The number of benzene rings is 1. The van der Waals surface area contributed by atoms with E-state index in [9.17, 15) is 9.90 Å². The Bertz CT molecular complexity index is 411. The van der Waals surface area contributed by atoms with E-state index in [1.807, 2.05) is 30.3 Å². The van der Waals surface area contributed by atoms with Crippen molar-refractivity contribution < 1.29 is 14.6 Å². The van der Waals surface area contributed by atoms with E-state index < -0.39 is 0 Å². The SMILES string of the molecule is CC1(CO)CCN(C(=O)OCc2ccccc2)CC1. The summed E-state index contributed by atoms with van der Waals surface area (Å²) in [5, 5.41) is 9.29. The standard InChI is InChI=1S/C15H21NO3/c1-15(12-17)7-9-16(10-8-15)14(18)19-11-13-5-3-2-4-6-13/h2-6,17H,7-12H2,1H3. The van der Waals surface area contributed by atoms with Crippen molar-refractivity contribution in [2.24, 2.45) is 5.41 Å². The minimum Gasteiger partial charge on any atom is -0.445 e. The number of hydrogen-bond acceptors (Lipinski definition) is 3. The smallest absolute Gasteiger partial charge is 0.410 e. The van der Waals surface area contributed by atoms with Gasteiger partial charge in [-0.05, 0) is 23.8 Å². The van der Waals surface area contributed by atoms with Gasteiger partial charge in [0.05, 0.1) is 0 Å². The lowest BCUT2D eigenvalue weighted by molar-refractivity contribution is 0.0417. The van der Waals surface area contributed by atoms with Crippen LogP contribution >= 0.6 is 0 Å². The highest BCUT2D eigenvalue weighted by Gasteiger charge is 2.31. The van der Waals surface area contributed by atoms with E-state index >= 15 is 0 Å². The normalized spacial score (nSPS) is 18.1. The first-order valence-corrected chi connectivity index (χ1v) is 6.69. The van der Waals surface area contributed by atoms with Crippen molar-refractivity contribution in [1.82, 2.24) is 4.90 Å². The Kier molecular flexibility index (Phi) is 4.43. The zero-order valence-electron chi connectivity index (χ0n) is 11.3. The third-order valence-corrected chi connectivity index (χ3v) is 3.82. The molecule has 0 spiro atoms. The summed E-state index contributed by atoms with van der Waals surface area (Å²) in [5.74, 6) is 0. The molecule has 1 amide bonds. The summed E-state index contributed by atoms with van der Waals surface area (Å²) in [4.78, 5) is 13.6. The lowest BCUT2D eigenvalue weighted by atomic mass is 9.81. The summed E-state index contributed by atoms with van der Waals surface area (Å²) in [6, 6.07) is 9.66. The molecular weight excluding hydrogens is 242 g/mol. The van der Waals surface area contributed by atoms with E-state index in [1.54, 1.807) is 4.90 Å². The minimum absolute atomic E-state index is 0.0454.